The first-order valence-electron chi connectivity index (χ1n) is 8.52. The predicted molar refractivity (Wildman–Crippen MR) is 102 cm³/mol. The first-order chi connectivity index (χ1) is 13.0. The fourth-order valence-corrected chi connectivity index (χ4v) is 2.23. The van der Waals surface area contributed by atoms with Crippen molar-refractivity contribution in [3.8, 4) is 11.5 Å². The Bertz CT molecular complexity index is 744. The molecule has 0 spiro atoms. The highest BCUT2D eigenvalue weighted by molar-refractivity contribution is 5.96. The molecule has 2 amide bonds. The number of carbonyl (C=O) groups excluding carboxylic acids is 2. The van der Waals surface area contributed by atoms with Crippen molar-refractivity contribution in [1.29, 1.82) is 0 Å². The van der Waals surface area contributed by atoms with E-state index in [0.717, 1.165) is 0 Å². The van der Waals surface area contributed by atoms with Gasteiger partial charge in [0, 0.05) is 24.9 Å². The molecule has 2 N–H and O–H groups in total. The smallest absolute Gasteiger partial charge is 0.265 e. The average molecular weight is 372 g/mol. The van der Waals surface area contributed by atoms with Gasteiger partial charge in [0.15, 0.2) is 6.10 Å². The minimum atomic E-state index is -0.685. The molecule has 0 heterocycles. The molecule has 0 fully saturated rings. The lowest BCUT2D eigenvalue weighted by atomic mass is 10.2. The van der Waals surface area contributed by atoms with Crippen molar-refractivity contribution in [3.63, 3.8) is 0 Å². The first kappa shape index (κ1) is 20.3. The van der Waals surface area contributed by atoms with Gasteiger partial charge in [-0.15, -0.1) is 0 Å². The van der Waals surface area contributed by atoms with Gasteiger partial charge in [0.05, 0.1) is 13.7 Å². The van der Waals surface area contributed by atoms with Crippen LogP contribution in [0.4, 0.5) is 5.69 Å². The normalized spacial score (nSPS) is 11.4. The van der Waals surface area contributed by atoms with Crippen LogP contribution in [0, 0.1) is 0 Å². The van der Waals surface area contributed by atoms with E-state index in [0.29, 0.717) is 35.9 Å². The van der Waals surface area contributed by atoms with Crippen molar-refractivity contribution in [2.45, 2.75) is 13.0 Å². The monoisotopic (exact) mass is 372 g/mol. The van der Waals surface area contributed by atoms with Crippen LogP contribution in [0.2, 0.25) is 0 Å². The average Bonchev–Trinajstić information content (AvgIpc) is 2.69. The first-order valence-corrected chi connectivity index (χ1v) is 8.52. The zero-order valence-corrected chi connectivity index (χ0v) is 15.7. The molecule has 2 aromatic rings. The van der Waals surface area contributed by atoms with Crippen LogP contribution in [0.3, 0.4) is 0 Å². The van der Waals surface area contributed by atoms with Crippen molar-refractivity contribution >= 4 is 17.5 Å². The quantitative estimate of drug-likeness (QED) is 0.661. The van der Waals surface area contributed by atoms with E-state index in [1.807, 2.05) is 0 Å². The van der Waals surface area contributed by atoms with Crippen LogP contribution < -0.4 is 20.1 Å². The summed E-state index contributed by atoms with van der Waals surface area (Å²) in [6, 6.07) is 13.6. The molecule has 0 aliphatic rings. The summed E-state index contributed by atoms with van der Waals surface area (Å²) in [7, 11) is 3.16. The fraction of sp³-hybridized carbons (Fsp3) is 0.300. The summed E-state index contributed by atoms with van der Waals surface area (Å²) in [5, 5.41) is 5.50. The Morgan fingerprint density at radius 3 is 2.19 bits per heavy atom. The molecule has 2 rings (SSSR count). The maximum Gasteiger partial charge on any atom is 0.265 e. The van der Waals surface area contributed by atoms with Crippen LogP contribution in [0.25, 0.3) is 0 Å². The highest BCUT2D eigenvalue weighted by Gasteiger charge is 2.15. The van der Waals surface area contributed by atoms with E-state index in [-0.39, 0.29) is 11.8 Å². The van der Waals surface area contributed by atoms with Crippen molar-refractivity contribution < 1.29 is 23.8 Å². The summed E-state index contributed by atoms with van der Waals surface area (Å²) >= 11 is 0. The molecule has 0 aliphatic heterocycles. The maximum absolute atomic E-state index is 12.3. The Hall–Kier alpha value is -3.06. The van der Waals surface area contributed by atoms with Crippen molar-refractivity contribution in [2.24, 2.45) is 0 Å². The minimum absolute atomic E-state index is 0.193. The molecule has 27 heavy (non-hydrogen) atoms. The lowest BCUT2D eigenvalue weighted by Crippen LogP contribution is -2.30. The SMILES string of the molecule is COCCNC(=O)c1ccc(NC(=O)C(C)Oc2ccc(OC)cc2)cc1. The third-order valence-electron chi connectivity index (χ3n) is 3.75. The molecule has 0 bridgehead atoms. The van der Waals surface area contributed by atoms with Gasteiger partial charge in [-0.1, -0.05) is 0 Å². The molecule has 0 aliphatic carbocycles. The van der Waals surface area contributed by atoms with Crippen LogP contribution >= 0.6 is 0 Å². The summed E-state index contributed by atoms with van der Waals surface area (Å²) in [6.45, 7) is 2.55. The number of carbonyl (C=O) groups is 2. The number of methoxy groups -OCH3 is 2. The van der Waals surface area contributed by atoms with Gasteiger partial charge in [-0.3, -0.25) is 9.59 Å². The number of anilines is 1. The Kier molecular flexibility index (Phi) is 7.63. The number of benzene rings is 2. The molecule has 0 radical (unpaired) electrons. The van der Waals surface area contributed by atoms with Gasteiger partial charge in [-0.2, -0.15) is 0 Å². The second-order valence-corrected chi connectivity index (χ2v) is 5.75. The number of nitrogens with one attached hydrogen (secondary N) is 2. The van der Waals surface area contributed by atoms with Crippen molar-refractivity contribution in [3.05, 3.63) is 54.1 Å². The van der Waals surface area contributed by atoms with Crippen LogP contribution in [0.1, 0.15) is 17.3 Å². The Balaban J connectivity index is 1.87. The van der Waals surface area contributed by atoms with Crippen LogP contribution in [-0.4, -0.2) is 45.3 Å². The molecule has 7 heteroatoms. The highest BCUT2D eigenvalue weighted by Crippen LogP contribution is 2.18. The summed E-state index contributed by atoms with van der Waals surface area (Å²) in [5.74, 6) is 0.802. The standard InChI is InChI=1S/C20H24N2O5/c1-14(27-18-10-8-17(26-3)9-11-18)19(23)22-16-6-4-15(5-7-16)20(24)21-12-13-25-2/h4-11,14H,12-13H2,1-3H3,(H,21,24)(H,22,23). The van der Waals surface area contributed by atoms with Crippen LogP contribution in [0.5, 0.6) is 11.5 Å². The zero-order valence-electron chi connectivity index (χ0n) is 15.7. The maximum atomic E-state index is 12.3. The molecule has 0 saturated heterocycles. The number of hydrogen-bond acceptors (Lipinski definition) is 5. The zero-order chi connectivity index (χ0) is 19.6. The number of amides is 2. The summed E-state index contributed by atoms with van der Waals surface area (Å²) in [5.41, 5.74) is 1.09. The van der Waals surface area contributed by atoms with Crippen molar-refractivity contribution in [1.82, 2.24) is 5.32 Å². The summed E-state index contributed by atoms with van der Waals surface area (Å²) in [6.07, 6.45) is -0.685. The van der Waals surface area contributed by atoms with Gasteiger partial charge in [0.1, 0.15) is 11.5 Å². The molecule has 1 unspecified atom stereocenters. The molecule has 2 aromatic carbocycles. The number of rotatable bonds is 9. The van der Waals surface area contributed by atoms with Gasteiger partial charge in [-0.05, 0) is 55.5 Å². The lowest BCUT2D eigenvalue weighted by molar-refractivity contribution is -0.122. The van der Waals surface area contributed by atoms with Gasteiger partial charge >= 0.3 is 0 Å². The number of ether oxygens (including phenoxy) is 3. The van der Waals surface area contributed by atoms with E-state index in [4.69, 9.17) is 14.2 Å². The van der Waals surface area contributed by atoms with Gasteiger partial charge in [-0.25, -0.2) is 0 Å². The van der Waals surface area contributed by atoms with E-state index in [2.05, 4.69) is 10.6 Å². The number of hydrogen-bond donors (Lipinski definition) is 2. The highest BCUT2D eigenvalue weighted by atomic mass is 16.5. The van der Waals surface area contributed by atoms with Crippen LogP contribution in [0.15, 0.2) is 48.5 Å². The summed E-state index contributed by atoms with van der Waals surface area (Å²) < 4.78 is 15.6. The third kappa shape index (κ3) is 6.31. The molecule has 7 nitrogen and oxygen atoms in total. The van der Waals surface area contributed by atoms with E-state index in [1.165, 1.54) is 0 Å². The van der Waals surface area contributed by atoms with Gasteiger partial charge in [0.25, 0.3) is 11.8 Å². The molecular formula is C20H24N2O5. The Morgan fingerprint density at radius 2 is 1.59 bits per heavy atom. The molecule has 1 atom stereocenters. The largest absolute Gasteiger partial charge is 0.497 e. The van der Waals surface area contributed by atoms with E-state index < -0.39 is 6.10 Å². The third-order valence-corrected chi connectivity index (χ3v) is 3.75. The minimum Gasteiger partial charge on any atom is -0.497 e. The molecule has 0 saturated carbocycles. The predicted octanol–water partition coefficient (Wildman–Crippen LogP) is 2.48. The Morgan fingerprint density at radius 1 is 0.963 bits per heavy atom. The topological polar surface area (TPSA) is 85.9 Å². The molecular weight excluding hydrogens is 348 g/mol. The van der Waals surface area contributed by atoms with Crippen molar-refractivity contribution in [2.75, 3.05) is 32.7 Å². The fourth-order valence-electron chi connectivity index (χ4n) is 2.23. The molecule has 144 valence electrons. The van der Waals surface area contributed by atoms with E-state index in [1.54, 1.807) is 69.7 Å². The lowest BCUT2D eigenvalue weighted by Gasteiger charge is -2.15. The second-order valence-electron chi connectivity index (χ2n) is 5.75. The second kappa shape index (κ2) is 10.2. The van der Waals surface area contributed by atoms with E-state index >= 15 is 0 Å². The Labute approximate surface area is 158 Å². The van der Waals surface area contributed by atoms with Gasteiger partial charge in [0.2, 0.25) is 0 Å². The van der Waals surface area contributed by atoms with Crippen LogP contribution in [-0.2, 0) is 9.53 Å². The summed E-state index contributed by atoms with van der Waals surface area (Å²) in [4.78, 5) is 24.2. The van der Waals surface area contributed by atoms with E-state index in [9.17, 15) is 9.59 Å². The molecule has 0 aromatic heterocycles. The van der Waals surface area contributed by atoms with Gasteiger partial charge < -0.3 is 24.8 Å².